The molecule has 1 aliphatic rings. The van der Waals surface area contributed by atoms with Crippen LogP contribution in [0.2, 0.25) is 5.02 Å². The van der Waals surface area contributed by atoms with Crippen LogP contribution in [0.25, 0.3) is 0 Å². The first-order valence-corrected chi connectivity index (χ1v) is 9.24. The lowest BCUT2D eigenvalue weighted by Gasteiger charge is -2.19. The van der Waals surface area contributed by atoms with Gasteiger partial charge in [-0.25, -0.2) is 4.39 Å². The van der Waals surface area contributed by atoms with E-state index in [1.165, 1.54) is 12.1 Å². The number of carboxylic acids is 1. The molecule has 1 unspecified atom stereocenters. The fourth-order valence-corrected chi connectivity index (χ4v) is 3.75. The number of amides is 1. The lowest BCUT2D eigenvalue weighted by Crippen LogP contribution is -2.30. The predicted octanol–water partition coefficient (Wildman–Crippen LogP) is 4.30. The van der Waals surface area contributed by atoms with Crippen LogP contribution in [-0.4, -0.2) is 35.0 Å². The Kier molecular flexibility index (Phi) is 5.80. The number of hydrogen-bond donors (Lipinski definition) is 1. The topological polar surface area (TPSA) is 57.6 Å². The third-order valence-electron chi connectivity index (χ3n) is 5.19. The Morgan fingerprint density at radius 2 is 1.93 bits per heavy atom. The van der Waals surface area contributed by atoms with E-state index in [0.717, 1.165) is 11.1 Å². The summed E-state index contributed by atoms with van der Waals surface area (Å²) >= 11 is 5.92. The molecule has 6 heteroatoms. The molecule has 1 N–H and O–H groups in total. The summed E-state index contributed by atoms with van der Waals surface area (Å²) < 4.78 is 13.4. The molecule has 3 atom stereocenters. The minimum atomic E-state index is -0.913. The van der Waals surface area contributed by atoms with Crippen LogP contribution in [0, 0.1) is 11.7 Å². The van der Waals surface area contributed by atoms with Crippen molar-refractivity contribution < 1.29 is 19.1 Å². The van der Waals surface area contributed by atoms with E-state index in [4.69, 9.17) is 11.6 Å². The van der Waals surface area contributed by atoms with Gasteiger partial charge in [0.15, 0.2) is 0 Å². The summed E-state index contributed by atoms with van der Waals surface area (Å²) in [5.74, 6) is -2.43. The van der Waals surface area contributed by atoms with E-state index < -0.39 is 11.9 Å². The fraction of sp³-hybridized carbons (Fsp3) is 0.333. The van der Waals surface area contributed by atoms with Crippen LogP contribution in [0.15, 0.2) is 48.5 Å². The standard InChI is InChI=1S/C21H21ClFNO3/c1-13(15-3-2-4-17(23)10-15)9-20(25)24-11-18(19(12-24)21(26)27)14-5-7-16(22)8-6-14/h2-8,10,13,18-19H,9,11-12H2,1H3,(H,26,27)/t13?,18-,19+/m0/s1. The van der Waals surface area contributed by atoms with Crippen molar-refractivity contribution in [3.05, 3.63) is 70.5 Å². The molecule has 3 rings (SSSR count). The van der Waals surface area contributed by atoms with Crippen LogP contribution in [0.1, 0.15) is 36.3 Å². The third-order valence-corrected chi connectivity index (χ3v) is 5.44. The van der Waals surface area contributed by atoms with Crippen molar-refractivity contribution in [1.29, 1.82) is 0 Å². The van der Waals surface area contributed by atoms with Gasteiger partial charge >= 0.3 is 5.97 Å². The van der Waals surface area contributed by atoms with Crippen molar-refractivity contribution in [3.8, 4) is 0 Å². The Labute approximate surface area is 162 Å². The monoisotopic (exact) mass is 389 g/mol. The fourth-order valence-electron chi connectivity index (χ4n) is 3.63. The SMILES string of the molecule is CC(CC(=O)N1C[C@@H](C(=O)O)[C@H](c2ccc(Cl)cc2)C1)c1cccc(F)c1. The van der Waals surface area contributed by atoms with Gasteiger partial charge in [-0.3, -0.25) is 9.59 Å². The average molecular weight is 390 g/mol. The predicted molar refractivity (Wildman–Crippen MR) is 101 cm³/mol. The zero-order chi connectivity index (χ0) is 19.6. The summed E-state index contributed by atoms with van der Waals surface area (Å²) in [6.07, 6.45) is 0.211. The summed E-state index contributed by atoms with van der Waals surface area (Å²) in [6, 6.07) is 13.3. The van der Waals surface area contributed by atoms with Gasteiger partial charge < -0.3 is 10.0 Å². The molecule has 1 saturated heterocycles. The van der Waals surface area contributed by atoms with Crippen LogP contribution >= 0.6 is 11.6 Å². The molecule has 142 valence electrons. The summed E-state index contributed by atoms with van der Waals surface area (Å²) in [5, 5.41) is 10.2. The molecule has 1 heterocycles. The zero-order valence-electron chi connectivity index (χ0n) is 14.9. The molecule has 0 bridgehead atoms. The molecule has 1 amide bonds. The largest absolute Gasteiger partial charge is 0.481 e. The summed E-state index contributed by atoms with van der Waals surface area (Å²) in [5.41, 5.74) is 1.62. The van der Waals surface area contributed by atoms with Crippen LogP contribution in [0.5, 0.6) is 0 Å². The van der Waals surface area contributed by atoms with E-state index in [1.54, 1.807) is 29.2 Å². The second-order valence-electron chi connectivity index (χ2n) is 7.06. The van der Waals surface area contributed by atoms with E-state index in [9.17, 15) is 19.1 Å². The lowest BCUT2D eigenvalue weighted by atomic mass is 9.89. The second kappa shape index (κ2) is 8.09. The van der Waals surface area contributed by atoms with Crippen LogP contribution in [-0.2, 0) is 9.59 Å². The van der Waals surface area contributed by atoms with Gasteiger partial charge in [0.1, 0.15) is 5.82 Å². The van der Waals surface area contributed by atoms with Crippen molar-refractivity contribution in [1.82, 2.24) is 4.90 Å². The quantitative estimate of drug-likeness (QED) is 0.829. The molecular formula is C21H21ClFNO3. The molecule has 2 aromatic rings. The lowest BCUT2D eigenvalue weighted by molar-refractivity contribution is -0.141. The number of carbonyl (C=O) groups is 2. The first-order valence-electron chi connectivity index (χ1n) is 8.86. The highest BCUT2D eigenvalue weighted by Crippen LogP contribution is 2.34. The van der Waals surface area contributed by atoms with Gasteiger partial charge in [-0.05, 0) is 41.3 Å². The number of aliphatic carboxylic acids is 1. The van der Waals surface area contributed by atoms with Crippen LogP contribution in [0.3, 0.4) is 0 Å². The minimum absolute atomic E-state index is 0.116. The highest BCUT2D eigenvalue weighted by molar-refractivity contribution is 6.30. The van der Waals surface area contributed by atoms with E-state index in [0.29, 0.717) is 11.6 Å². The Morgan fingerprint density at radius 3 is 2.56 bits per heavy atom. The number of benzene rings is 2. The van der Waals surface area contributed by atoms with Crippen LogP contribution in [0.4, 0.5) is 4.39 Å². The maximum atomic E-state index is 13.4. The molecule has 1 aliphatic heterocycles. The molecule has 1 fully saturated rings. The normalized spacial score (nSPS) is 20.5. The van der Waals surface area contributed by atoms with Gasteiger partial charge in [-0.2, -0.15) is 0 Å². The maximum absolute atomic E-state index is 13.4. The Balaban J connectivity index is 1.72. The number of halogens is 2. The van der Waals surface area contributed by atoms with E-state index in [-0.39, 0.29) is 36.5 Å². The zero-order valence-corrected chi connectivity index (χ0v) is 15.7. The van der Waals surface area contributed by atoms with E-state index in [2.05, 4.69) is 0 Å². The molecule has 0 aromatic heterocycles. The first-order chi connectivity index (χ1) is 12.8. The van der Waals surface area contributed by atoms with Crippen molar-refractivity contribution >= 4 is 23.5 Å². The summed E-state index contributed by atoms with van der Waals surface area (Å²) in [7, 11) is 0. The number of hydrogen-bond acceptors (Lipinski definition) is 2. The van der Waals surface area contributed by atoms with Crippen molar-refractivity contribution in [2.75, 3.05) is 13.1 Å². The third kappa shape index (κ3) is 4.48. The van der Waals surface area contributed by atoms with Gasteiger partial charge in [0.25, 0.3) is 0 Å². The molecule has 0 aliphatic carbocycles. The minimum Gasteiger partial charge on any atom is -0.481 e. The maximum Gasteiger partial charge on any atom is 0.308 e. The average Bonchev–Trinajstić information content (AvgIpc) is 3.08. The summed E-state index contributed by atoms with van der Waals surface area (Å²) in [4.78, 5) is 26.0. The van der Waals surface area contributed by atoms with Gasteiger partial charge in [0.2, 0.25) is 5.91 Å². The molecule has 0 saturated carbocycles. The van der Waals surface area contributed by atoms with E-state index in [1.807, 2.05) is 19.1 Å². The van der Waals surface area contributed by atoms with Crippen molar-refractivity contribution in [2.45, 2.75) is 25.2 Å². The Hall–Kier alpha value is -2.40. The second-order valence-corrected chi connectivity index (χ2v) is 7.50. The highest BCUT2D eigenvalue weighted by atomic mass is 35.5. The van der Waals surface area contributed by atoms with Gasteiger partial charge in [-0.1, -0.05) is 42.8 Å². The highest BCUT2D eigenvalue weighted by Gasteiger charge is 2.40. The number of rotatable bonds is 5. The number of carboxylic acid groups (broad SMARTS) is 1. The van der Waals surface area contributed by atoms with Crippen molar-refractivity contribution in [2.24, 2.45) is 5.92 Å². The van der Waals surface area contributed by atoms with E-state index >= 15 is 0 Å². The molecule has 0 spiro atoms. The molecule has 27 heavy (non-hydrogen) atoms. The van der Waals surface area contributed by atoms with Gasteiger partial charge in [0, 0.05) is 30.5 Å². The van der Waals surface area contributed by atoms with Gasteiger partial charge in [0.05, 0.1) is 5.92 Å². The molecule has 0 radical (unpaired) electrons. The Bertz CT molecular complexity index is 840. The number of nitrogens with zero attached hydrogens (tertiary/aromatic N) is 1. The number of likely N-dealkylation sites (tertiary alicyclic amines) is 1. The molecule has 4 nitrogen and oxygen atoms in total. The van der Waals surface area contributed by atoms with Gasteiger partial charge in [-0.15, -0.1) is 0 Å². The Morgan fingerprint density at radius 1 is 1.22 bits per heavy atom. The molecule has 2 aromatic carbocycles. The molecular weight excluding hydrogens is 369 g/mol. The number of carbonyl (C=O) groups excluding carboxylic acids is 1. The smallest absolute Gasteiger partial charge is 0.308 e. The summed E-state index contributed by atoms with van der Waals surface area (Å²) in [6.45, 7) is 2.40. The first kappa shape index (κ1) is 19.4. The van der Waals surface area contributed by atoms with Crippen LogP contribution < -0.4 is 0 Å². The van der Waals surface area contributed by atoms with Crippen molar-refractivity contribution in [3.63, 3.8) is 0 Å².